The van der Waals surface area contributed by atoms with Gasteiger partial charge in [-0.05, 0) is 35.7 Å². The molecule has 0 aliphatic carbocycles. The molecule has 3 N–H and O–H groups in total. The van der Waals surface area contributed by atoms with Gasteiger partial charge in [-0.25, -0.2) is 13.2 Å². The second kappa shape index (κ2) is 8.35. The summed E-state index contributed by atoms with van der Waals surface area (Å²) >= 11 is 0. The quantitative estimate of drug-likeness (QED) is 0.506. The highest BCUT2D eigenvalue weighted by Crippen LogP contribution is 2.43. The van der Waals surface area contributed by atoms with Crippen LogP contribution in [0.25, 0.3) is 22.2 Å². The summed E-state index contributed by atoms with van der Waals surface area (Å²) in [6, 6.07) is 10.5. The van der Waals surface area contributed by atoms with Gasteiger partial charge in [0.1, 0.15) is 5.75 Å². The van der Waals surface area contributed by atoms with Crippen molar-refractivity contribution in [2.24, 2.45) is 0 Å². The first-order chi connectivity index (χ1) is 15.9. The lowest BCUT2D eigenvalue weighted by Gasteiger charge is -2.30. The molecular formula is C24H28N4O5S. The molecular weight excluding hydrogens is 456 g/mol. The number of urea groups is 1. The van der Waals surface area contributed by atoms with Gasteiger partial charge in [-0.3, -0.25) is 19.7 Å². The third-order valence-electron chi connectivity index (χ3n) is 5.67. The maximum atomic E-state index is 12.6. The Morgan fingerprint density at radius 1 is 1.09 bits per heavy atom. The van der Waals surface area contributed by atoms with Gasteiger partial charge in [0.15, 0.2) is 0 Å². The Morgan fingerprint density at radius 3 is 2.44 bits per heavy atom. The van der Waals surface area contributed by atoms with Crippen LogP contribution in [0, 0.1) is 0 Å². The van der Waals surface area contributed by atoms with Crippen molar-refractivity contribution in [3.05, 3.63) is 42.0 Å². The largest absolute Gasteiger partial charge is 0.496 e. The fourth-order valence-corrected chi connectivity index (χ4v) is 4.66. The molecule has 0 radical (unpaired) electrons. The molecule has 0 atom stereocenters. The van der Waals surface area contributed by atoms with Gasteiger partial charge in [0.05, 0.1) is 24.7 Å². The average molecular weight is 485 g/mol. The van der Waals surface area contributed by atoms with Crippen LogP contribution in [-0.4, -0.2) is 45.3 Å². The van der Waals surface area contributed by atoms with E-state index in [1.165, 1.54) is 0 Å². The summed E-state index contributed by atoms with van der Waals surface area (Å²) in [5.41, 5.74) is 3.97. The summed E-state index contributed by atoms with van der Waals surface area (Å²) < 4.78 is 31.6. The number of imide groups is 1. The Morgan fingerprint density at radius 2 is 1.82 bits per heavy atom. The van der Waals surface area contributed by atoms with Crippen LogP contribution < -0.4 is 19.7 Å². The van der Waals surface area contributed by atoms with Gasteiger partial charge in [-0.15, -0.1) is 0 Å². The lowest BCUT2D eigenvalue weighted by molar-refractivity contribution is -0.120. The Balaban J connectivity index is 1.88. The highest BCUT2D eigenvalue weighted by atomic mass is 32.2. The van der Waals surface area contributed by atoms with Crippen LogP contribution in [0.3, 0.4) is 0 Å². The number of carbonyl (C=O) groups is 2. The summed E-state index contributed by atoms with van der Waals surface area (Å²) in [5.74, 6) is 0.380. The third kappa shape index (κ3) is 4.72. The molecule has 0 bridgehead atoms. The van der Waals surface area contributed by atoms with Crippen LogP contribution in [0.1, 0.15) is 32.8 Å². The van der Waals surface area contributed by atoms with E-state index in [2.05, 4.69) is 35.8 Å². The van der Waals surface area contributed by atoms with Crippen molar-refractivity contribution in [1.82, 2.24) is 10.3 Å². The molecule has 3 amide bonds. The molecule has 1 fully saturated rings. The van der Waals surface area contributed by atoms with Crippen molar-refractivity contribution in [2.75, 3.05) is 29.5 Å². The van der Waals surface area contributed by atoms with Crippen molar-refractivity contribution >= 4 is 44.2 Å². The van der Waals surface area contributed by atoms with Crippen molar-refractivity contribution < 1.29 is 22.7 Å². The SMILES string of the molecule is COc1c(-c2cc3ccc(NS(C)(=O)=O)cc3[nH]2)cc(N2CCC(=O)NC2=O)cc1C(C)(C)C. The van der Waals surface area contributed by atoms with E-state index >= 15 is 0 Å². The minimum Gasteiger partial charge on any atom is -0.496 e. The number of aromatic nitrogens is 1. The van der Waals surface area contributed by atoms with Gasteiger partial charge in [0.2, 0.25) is 15.9 Å². The number of benzene rings is 2. The second-order valence-corrected chi connectivity index (χ2v) is 11.2. The van der Waals surface area contributed by atoms with E-state index in [0.29, 0.717) is 17.1 Å². The molecule has 0 saturated carbocycles. The Hall–Kier alpha value is -3.53. The van der Waals surface area contributed by atoms with Gasteiger partial charge in [-0.1, -0.05) is 26.8 Å². The predicted octanol–water partition coefficient (Wildman–Crippen LogP) is 3.96. The van der Waals surface area contributed by atoms with Crippen LogP contribution in [0.5, 0.6) is 5.75 Å². The Bertz CT molecular complexity index is 1400. The number of fused-ring (bicyclic) bond motifs is 1. The number of anilines is 2. The van der Waals surface area contributed by atoms with Gasteiger partial charge < -0.3 is 9.72 Å². The van der Waals surface area contributed by atoms with E-state index in [1.54, 1.807) is 24.1 Å². The number of H-pyrrole nitrogens is 1. The third-order valence-corrected chi connectivity index (χ3v) is 6.27. The highest BCUT2D eigenvalue weighted by Gasteiger charge is 2.29. The molecule has 9 nitrogen and oxygen atoms in total. The molecule has 2 aromatic carbocycles. The van der Waals surface area contributed by atoms with E-state index in [0.717, 1.165) is 34.0 Å². The van der Waals surface area contributed by atoms with Crippen LogP contribution >= 0.6 is 0 Å². The monoisotopic (exact) mass is 484 g/mol. The number of nitrogens with zero attached hydrogens (tertiary/aromatic N) is 1. The number of aromatic amines is 1. The number of sulfonamides is 1. The van der Waals surface area contributed by atoms with E-state index in [4.69, 9.17) is 4.74 Å². The summed E-state index contributed by atoms with van der Waals surface area (Å²) in [5, 5.41) is 3.26. The first-order valence-corrected chi connectivity index (χ1v) is 12.7. The molecule has 1 saturated heterocycles. The molecule has 1 aliphatic heterocycles. The summed E-state index contributed by atoms with van der Waals surface area (Å²) in [6.45, 7) is 6.47. The van der Waals surface area contributed by atoms with Crippen molar-refractivity contribution in [1.29, 1.82) is 0 Å². The minimum atomic E-state index is -3.40. The highest BCUT2D eigenvalue weighted by molar-refractivity contribution is 7.92. The number of methoxy groups -OCH3 is 1. The van der Waals surface area contributed by atoms with Crippen LogP contribution in [0.15, 0.2) is 36.4 Å². The molecule has 10 heteroatoms. The lowest BCUT2D eigenvalue weighted by Crippen LogP contribution is -2.49. The molecule has 2 heterocycles. The fourth-order valence-electron chi connectivity index (χ4n) is 4.11. The maximum absolute atomic E-state index is 12.6. The number of ether oxygens (including phenoxy) is 1. The number of hydrogen-bond acceptors (Lipinski definition) is 5. The van der Waals surface area contributed by atoms with Crippen molar-refractivity contribution in [2.45, 2.75) is 32.6 Å². The molecule has 180 valence electrons. The van der Waals surface area contributed by atoms with E-state index in [9.17, 15) is 18.0 Å². The normalized spacial score (nSPS) is 14.9. The number of hydrogen-bond donors (Lipinski definition) is 3. The van der Waals surface area contributed by atoms with Gasteiger partial charge in [0, 0.05) is 40.7 Å². The zero-order valence-corrected chi connectivity index (χ0v) is 20.6. The zero-order chi connectivity index (χ0) is 24.8. The molecule has 1 aromatic heterocycles. The predicted molar refractivity (Wildman–Crippen MR) is 133 cm³/mol. The first-order valence-electron chi connectivity index (χ1n) is 10.8. The number of carbonyl (C=O) groups excluding carboxylic acids is 2. The smallest absolute Gasteiger partial charge is 0.328 e. The van der Waals surface area contributed by atoms with Gasteiger partial charge >= 0.3 is 6.03 Å². The molecule has 0 unspecified atom stereocenters. The minimum absolute atomic E-state index is 0.223. The number of nitrogens with one attached hydrogen (secondary N) is 3. The summed E-state index contributed by atoms with van der Waals surface area (Å²) in [6.07, 6.45) is 1.33. The van der Waals surface area contributed by atoms with E-state index in [1.807, 2.05) is 24.3 Å². The Labute approximate surface area is 198 Å². The number of rotatable bonds is 5. The van der Waals surface area contributed by atoms with E-state index < -0.39 is 16.1 Å². The first kappa shape index (κ1) is 23.6. The number of amides is 3. The van der Waals surface area contributed by atoms with Crippen molar-refractivity contribution in [3.63, 3.8) is 0 Å². The van der Waals surface area contributed by atoms with Crippen LogP contribution in [0.2, 0.25) is 0 Å². The van der Waals surface area contributed by atoms with Gasteiger partial charge in [-0.2, -0.15) is 0 Å². The Kier molecular flexibility index (Phi) is 5.80. The molecule has 3 aromatic rings. The fraction of sp³-hybridized carbons (Fsp3) is 0.333. The van der Waals surface area contributed by atoms with Crippen LogP contribution in [-0.2, 0) is 20.2 Å². The maximum Gasteiger partial charge on any atom is 0.328 e. The summed E-state index contributed by atoms with van der Waals surface area (Å²) in [4.78, 5) is 29.1. The average Bonchev–Trinajstić information content (AvgIpc) is 3.14. The topological polar surface area (TPSA) is 121 Å². The zero-order valence-electron chi connectivity index (χ0n) is 19.8. The van der Waals surface area contributed by atoms with Crippen molar-refractivity contribution in [3.8, 4) is 17.0 Å². The molecule has 1 aliphatic rings. The van der Waals surface area contributed by atoms with Crippen LogP contribution in [0.4, 0.5) is 16.2 Å². The van der Waals surface area contributed by atoms with E-state index in [-0.39, 0.29) is 24.3 Å². The second-order valence-electron chi connectivity index (χ2n) is 9.44. The lowest BCUT2D eigenvalue weighted by atomic mass is 9.84. The molecule has 34 heavy (non-hydrogen) atoms. The molecule has 0 spiro atoms. The summed E-state index contributed by atoms with van der Waals surface area (Å²) in [7, 11) is -1.79. The van der Waals surface area contributed by atoms with Gasteiger partial charge in [0.25, 0.3) is 0 Å². The standard InChI is InChI=1S/C24H28N4O5S/c1-24(2,3)18-13-16(28-9-8-21(29)26-23(28)30)12-17(22(18)33-4)20-10-14-6-7-15(11-19(14)25-20)27-34(5,31)32/h6-7,10-13,25,27H,8-9H2,1-5H3,(H,26,29,30). The molecule has 4 rings (SSSR count).